The molecule has 0 atom stereocenters. The van der Waals surface area contributed by atoms with Gasteiger partial charge in [-0.15, -0.1) is 0 Å². The lowest BCUT2D eigenvalue weighted by molar-refractivity contribution is 0.353. The molecule has 0 amide bonds. The van der Waals surface area contributed by atoms with Crippen molar-refractivity contribution in [2.45, 2.75) is 56.8 Å². The van der Waals surface area contributed by atoms with Crippen LogP contribution in [-0.4, -0.2) is 15.0 Å². The van der Waals surface area contributed by atoms with E-state index in [0.29, 0.717) is 17.5 Å². The molecular weight excluding hydrogens is 691 g/mol. The molecule has 3 aliphatic rings. The van der Waals surface area contributed by atoms with E-state index in [9.17, 15) is 0 Å². The number of hydrogen-bond donors (Lipinski definition) is 0. The summed E-state index contributed by atoms with van der Waals surface area (Å²) in [5.74, 6) is 1.99. The minimum absolute atomic E-state index is 0.0681. The van der Waals surface area contributed by atoms with Gasteiger partial charge in [-0.25, -0.2) is 15.0 Å². The average molecular weight is 734 g/mol. The second kappa shape index (κ2) is 13.1. The summed E-state index contributed by atoms with van der Waals surface area (Å²) in [6, 6.07) is 59.5. The Bertz CT molecular complexity index is 2770. The van der Waals surface area contributed by atoms with Crippen molar-refractivity contribution in [1.82, 2.24) is 15.0 Å². The molecule has 274 valence electrons. The Morgan fingerprint density at radius 3 is 1.47 bits per heavy atom. The van der Waals surface area contributed by atoms with Gasteiger partial charge in [-0.05, 0) is 104 Å². The number of nitrogens with zero attached hydrogens (tertiary/aromatic N) is 3. The fourth-order valence-electron chi connectivity index (χ4n) is 10.2. The molecule has 0 aliphatic heterocycles. The van der Waals surface area contributed by atoms with E-state index >= 15 is 0 Å². The van der Waals surface area contributed by atoms with Gasteiger partial charge in [0.1, 0.15) is 0 Å². The van der Waals surface area contributed by atoms with Gasteiger partial charge in [0, 0.05) is 27.5 Å². The largest absolute Gasteiger partial charge is 0.208 e. The average Bonchev–Trinajstić information content (AvgIpc) is 3.66. The Hall–Kier alpha value is -6.45. The van der Waals surface area contributed by atoms with E-state index in [2.05, 4.69) is 117 Å². The van der Waals surface area contributed by atoms with Crippen molar-refractivity contribution >= 4 is 0 Å². The first-order valence-corrected chi connectivity index (χ1v) is 20.5. The van der Waals surface area contributed by atoms with Gasteiger partial charge in [-0.1, -0.05) is 173 Å². The molecule has 1 aromatic heterocycles. The van der Waals surface area contributed by atoms with Gasteiger partial charge in [0.05, 0.1) is 0 Å². The highest BCUT2D eigenvalue weighted by molar-refractivity contribution is 5.91. The zero-order valence-electron chi connectivity index (χ0n) is 32.5. The van der Waals surface area contributed by atoms with E-state index in [1.54, 1.807) is 11.1 Å². The van der Waals surface area contributed by atoms with Crippen LogP contribution in [0.1, 0.15) is 68.2 Å². The highest BCUT2D eigenvalue weighted by atomic mass is 15.0. The highest BCUT2D eigenvalue weighted by Crippen LogP contribution is 2.60. The smallest absolute Gasteiger partial charge is 0.164 e. The van der Waals surface area contributed by atoms with E-state index in [1.807, 2.05) is 60.7 Å². The standard InChI is InChI=1S/C54H43N3/c1-53(2)46-28-27-41(32-43(46)45-34-49-44(33-48(45)53)42-21-10-11-22-47(42)54(49)29-12-5-13-30-54)40-20-14-19-39(31-40)35-23-25-38(26-24-35)52-56-50(36-15-6-3-7-16-36)55-51(57-52)37-17-8-4-9-18-37/h3-4,6-11,14-28,31-34H,5,12-13,29-30H2,1-2H3. The monoisotopic (exact) mass is 733 g/mol. The molecule has 7 aromatic carbocycles. The fourth-order valence-corrected chi connectivity index (χ4v) is 10.2. The summed E-state index contributed by atoms with van der Waals surface area (Å²) in [7, 11) is 0. The molecule has 0 bridgehead atoms. The van der Waals surface area contributed by atoms with Gasteiger partial charge in [-0.3, -0.25) is 0 Å². The van der Waals surface area contributed by atoms with Crippen molar-refractivity contribution in [3.05, 3.63) is 186 Å². The lowest BCUT2D eigenvalue weighted by Gasteiger charge is -2.36. The maximum Gasteiger partial charge on any atom is 0.164 e. The van der Waals surface area contributed by atoms with E-state index in [4.69, 9.17) is 15.0 Å². The predicted molar refractivity (Wildman–Crippen MR) is 234 cm³/mol. The second-order valence-electron chi connectivity index (χ2n) is 16.7. The number of hydrogen-bond acceptors (Lipinski definition) is 3. The Balaban J connectivity index is 0.945. The first kappa shape index (κ1) is 33.9. The summed E-state index contributed by atoms with van der Waals surface area (Å²) < 4.78 is 0. The molecule has 1 saturated carbocycles. The summed E-state index contributed by atoms with van der Waals surface area (Å²) in [6.45, 7) is 4.82. The van der Waals surface area contributed by atoms with Crippen LogP contribution in [0.5, 0.6) is 0 Å². The topological polar surface area (TPSA) is 38.7 Å². The molecule has 0 saturated heterocycles. The molecule has 3 heteroatoms. The number of benzene rings is 7. The maximum atomic E-state index is 4.94. The first-order chi connectivity index (χ1) is 28.0. The minimum Gasteiger partial charge on any atom is -0.208 e. The summed E-state index contributed by atoms with van der Waals surface area (Å²) in [5.41, 5.74) is 19.5. The minimum atomic E-state index is -0.0681. The van der Waals surface area contributed by atoms with Crippen LogP contribution in [0, 0.1) is 0 Å². The number of fused-ring (bicyclic) bond motifs is 8. The van der Waals surface area contributed by atoms with Gasteiger partial charge < -0.3 is 0 Å². The SMILES string of the molecule is CC1(C)c2ccc(-c3cccc(-c4ccc(-c5nc(-c6ccccc6)nc(-c6ccccc6)n5)cc4)c3)cc2-c2cc3c(cc21)-c1ccccc1C31CCCCC1. The molecule has 1 fully saturated rings. The van der Waals surface area contributed by atoms with Gasteiger partial charge in [0.15, 0.2) is 17.5 Å². The van der Waals surface area contributed by atoms with Crippen molar-refractivity contribution in [3.8, 4) is 78.7 Å². The van der Waals surface area contributed by atoms with Crippen LogP contribution >= 0.6 is 0 Å². The van der Waals surface area contributed by atoms with Gasteiger partial charge in [0.2, 0.25) is 0 Å². The molecule has 1 heterocycles. The fraction of sp³-hybridized carbons (Fsp3) is 0.167. The molecule has 0 unspecified atom stereocenters. The van der Waals surface area contributed by atoms with E-state index < -0.39 is 0 Å². The van der Waals surface area contributed by atoms with Crippen molar-refractivity contribution in [3.63, 3.8) is 0 Å². The van der Waals surface area contributed by atoms with Crippen LogP contribution in [0.4, 0.5) is 0 Å². The molecule has 3 aliphatic carbocycles. The Morgan fingerprint density at radius 2 is 0.807 bits per heavy atom. The zero-order chi connectivity index (χ0) is 38.1. The van der Waals surface area contributed by atoms with Gasteiger partial charge in [-0.2, -0.15) is 0 Å². The van der Waals surface area contributed by atoms with E-state index in [1.165, 1.54) is 82.2 Å². The Kier molecular flexibility index (Phi) is 7.76. The second-order valence-corrected chi connectivity index (χ2v) is 16.7. The number of rotatable bonds is 5. The van der Waals surface area contributed by atoms with Crippen LogP contribution in [0.15, 0.2) is 164 Å². The number of aromatic nitrogens is 3. The van der Waals surface area contributed by atoms with Gasteiger partial charge >= 0.3 is 0 Å². The molecular formula is C54H43N3. The third-order valence-corrected chi connectivity index (χ3v) is 13.1. The molecule has 1 spiro atoms. The summed E-state index contributed by atoms with van der Waals surface area (Å²) in [5, 5.41) is 0. The molecule has 8 aromatic rings. The van der Waals surface area contributed by atoms with Crippen molar-refractivity contribution in [1.29, 1.82) is 0 Å². The summed E-state index contributed by atoms with van der Waals surface area (Å²) in [4.78, 5) is 14.8. The zero-order valence-corrected chi connectivity index (χ0v) is 32.5. The van der Waals surface area contributed by atoms with Crippen molar-refractivity contribution in [2.24, 2.45) is 0 Å². The molecule has 0 radical (unpaired) electrons. The van der Waals surface area contributed by atoms with Crippen LogP contribution < -0.4 is 0 Å². The molecule has 57 heavy (non-hydrogen) atoms. The molecule has 11 rings (SSSR count). The van der Waals surface area contributed by atoms with Crippen molar-refractivity contribution < 1.29 is 0 Å². The molecule has 0 N–H and O–H groups in total. The van der Waals surface area contributed by atoms with E-state index in [0.717, 1.165) is 22.3 Å². The maximum absolute atomic E-state index is 4.94. The van der Waals surface area contributed by atoms with Crippen LogP contribution in [0.3, 0.4) is 0 Å². The Labute approximate surface area is 335 Å². The Morgan fingerprint density at radius 1 is 0.333 bits per heavy atom. The van der Waals surface area contributed by atoms with Gasteiger partial charge in [0.25, 0.3) is 0 Å². The lowest BCUT2D eigenvalue weighted by atomic mass is 9.67. The van der Waals surface area contributed by atoms with Crippen LogP contribution in [0.25, 0.3) is 78.7 Å². The third-order valence-electron chi connectivity index (χ3n) is 13.1. The summed E-state index contributed by atoms with van der Waals surface area (Å²) in [6.07, 6.45) is 6.45. The third kappa shape index (κ3) is 5.44. The predicted octanol–water partition coefficient (Wildman–Crippen LogP) is 13.7. The first-order valence-electron chi connectivity index (χ1n) is 20.5. The molecule has 3 nitrogen and oxygen atoms in total. The van der Waals surface area contributed by atoms with Crippen molar-refractivity contribution in [2.75, 3.05) is 0 Å². The quantitative estimate of drug-likeness (QED) is 0.177. The highest BCUT2D eigenvalue weighted by Gasteiger charge is 2.46. The lowest BCUT2D eigenvalue weighted by Crippen LogP contribution is -2.28. The van der Waals surface area contributed by atoms with Crippen LogP contribution in [0.2, 0.25) is 0 Å². The van der Waals surface area contributed by atoms with Crippen LogP contribution in [-0.2, 0) is 10.8 Å². The normalized spacial score (nSPS) is 15.5. The summed E-state index contributed by atoms with van der Waals surface area (Å²) >= 11 is 0. The van der Waals surface area contributed by atoms with E-state index in [-0.39, 0.29) is 10.8 Å².